The first-order chi connectivity index (χ1) is 14.0. The first-order valence-electron chi connectivity index (χ1n) is 9.88. The molecule has 0 spiro atoms. The van der Waals surface area contributed by atoms with E-state index in [2.05, 4.69) is 31.9 Å². The van der Waals surface area contributed by atoms with Gasteiger partial charge in [-0.1, -0.05) is 24.3 Å². The maximum Gasteiger partial charge on any atom is 0.259 e. The molecule has 1 aromatic carbocycles. The Morgan fingerprint density at radius 1 is 1.21 bits per heavy atom. The van der Waals surface area contributed by atoms with Crippen molar-refractivity contribution in [1.82, 2.24) is 14.8 Å². The van der Waals surface area contributed by atoms with Crippen LogP contribution in [0, 0.1) is 0 Å². The van der Waals surface area contributed by atoms with Crippen LogP contribution in [0.25, 0.3) is 21.6 Å². The lowest BCUT2D eigenvalue weighted by Gasteiger charge is -2.23. The standard InChI is InChI=1S/C23H22N4OS/c1-14(2)27-22-18(13-24-27)17(12-19(25-22)21-9-6-10-29-21)23(28)26-15(3)11-16-7-4-5-8-20(16)26/h4-10,12-15H,11H2,1-3H3. The van der Waals surface area contributed by atoms with Crippen LogP contribution in [0.5, 0.6) is 0 Å². The van der Waals surface area contributed by atoms with Crippen molar-refractivity contribution < 1.29 is 4.79 Å². The van der Waals surface area contributed by atoms with Gasteiger partial charge >= 0.3 is 0 Å². The van der Waals surface area contributed by atoms with Crippen LogP contribution < -0.4 is 4.90 Å². The molecule has 4 heterocycles. The largest absolute Gasteiger partial charge is 0.305 e. The van der Waals surface area contributed by atoms with E-state index < -0.39 is 0 Å². The lowest BCUT2D eigenvalue weighted by atomic mass is 10.1. The summed E-state index contributed by atoms with van der Waals surface area (Å²) in [5.74, 6) is 0.0102. The van der Waals surface area contributed by atoms with Gasteiger partial charge in [0.2, 0.25) is 0 Å². The minimum Gasteiger partial charge on any atom is -0.305 e. The van der Waals surface area contributed by atoms with E-state index >= 15 is 0 Å². The molecule has 29 heavy (non-hydrogen) atoms. The zero-order valence-electron chi connectivity index (χ0n) is 16.7. The molecule has 0 bridgehead atoms. The molecule has 0 N–H and O–H groups in total. The van der Waals surface area contributed by atoms with Gasteiger partial charge in [-0.05, 0) is 56.3 Å². The number of carbonyl (C=O) groups excluding carboxylic acids is 1. The molecule has 0 saturated carbocycles. The Labute approximate surface area is 173 Å². The summed E-state index contributed by atoms with van der Waals surface area (Å²) in [7, 11) is 0. The van der Waals surface area contributed by atoms with Crippen molar-refractivity contribution in [2.75, 3.05) is 4.90 Å². The molecule has 4 aromatic rings. The SMILES string of the molecule is CC1Cc2ccccc2N1C(=O)c1cc(-c2cccs2)nc2c1cnn2C(C)C. The summed E-state index contributed by atoms with van der Waals surface area (Å²) in [6.45, 7) is 6.26. The molecule has 146 valence electrons. The fraction of sp³-hybridized carbons (Fsp3) is 0.261. The number of thiophene rings is 1. The Morgan fingerprint density at radius 2 is 2.03 bits per heavy atom. The summed E-state index contributed by atoms with van der Waals surface area (Å²) in [4.78, 5) is 21.6. The molecule has 1 aliphatic rings. The lowest BCUT2D eigenvalue weighted by molar-refractivity contribution is 0.0983. The van der Waals surface area contributed by atoms with Crippen molar-refractivity contribution in [3.63, 3.8) is 0 Å². The Bertz CT molecular complexity index is 1210. The average Bonchev–Trinajstić information content (AvgIpc) is 3.43. The van der Waals surface area contributed by atoms with Crippen LogP contribution in [-0.2, 0) is 6.42 Å². The van der Waals surface area contributed by atoms with E-state index in [1.54, 1.807) is 17.5 Å². The normalized spacial score (nSPS) is 16.0. The summed E-state index contributed by atoms with van der Waals surface area (Å²) >= 11 is 1.63. The summed E-state index contributed by atoms with van der Waals surface area (Å²) in [6.07, 6.45) is 2.65. The van der Waals surface area contributed by atoms with Crippen molar-refractivity contribution in [3.05, 3.63) is 65.2 Å². The Kier molecular flexibility index (Phi) is 4.24. The number of amides is 1. The van der Waals surface area contributed by atoms with E-state index in [-0.39, 0.29) is 18.0 Å². The number of benzene rings is 1. The minimum atomic E-state index is 0.0102. The molecule has 0 radical (unpaired) electrons. The van der Waals surface area contributed by atoms with Gasteiger partial charge in [-0.3, -0.25) is 4.79 Å². The van der Waals surface area contributed by atoms with Gasteiger partial charge in [-0.15, -0.1) is 11.3 Å². The fourth-order valence-corrected chi connectivity index (χ4v) is 4.81. The topological polar surface area (TPSA) is 51.0 Å². The lowest BCUT2D eigenvalue weighted by Crippen LogP contribution is -2.35. The fourth-order valence-electron chi connectivity index (χ4n) is 4.13. The predicted octanol–water partition coefficient (Wildman–Crippen LogP) is 5.33. The van der Waals surface area contributed by atoms with Gasteiger partial charge in [0.15, 0.2) is 5.65 Å². The third kappa shape index (κ3) is 2.86. The van der Waals surface area contributed by atoms with Crippen LogP contribution in [0.15, 0.2) is 54.0 Å². The predicted molar refractivity (Wildman–Crippen MR) is 118 cm³/mol. The van der Waals surface area contributed by atoms with Gasteiger partial charge in [0.05, 0.1) is 27.7 Å². The zero-order valence-corrected chi connectivity index (χ0v) is 17.5. The van der Waals surface area contributed by atoms with E-state index in [0.29, 0.717) is 5.56 Å². The molecule has 1 aliphatic heterocycles. The second-order valence-corrected chi connectivity index (χ2v) is 8.76. The number of anilines is 1. The van der Waals surface area contributed by atoms with Crippen molar-refractivity contribution in [1.29, 1.82) is 0 Å². The molecular weight excluding hydrogens is 380 g/mol. The number of aromatic nitrogens is 3. The average molecular weight is 403 g/mol. The first-order valence-corrected chi connectivity index (χ1v) is 10.8. The van der Waals surface area contributed by atoms with Crippen LogP contribution in [-0.4, -0.2) is 26.7 Å². The van der Waals surface area contributed by atoms with Crippen molar-refractivity contribution >= 4 is 34.0 Å². The number of rotatable bonds is 3. The number of hydrogen-bond donors (Lipinski definition) is 0. The molecular formula is C23H22N4OS. The summed E-state index contributed by atoms with van der Waals surface area (Å²) in [5, 5.41) is 7.37. The van der Waals surface area contributed by atoms with Crippen molar-refractivity contribution in [2.45, 2.75) is 39.3 Å². The highest BCUT2D eigenvalue weighted by molar-refractivity contribution is 7.13. The van der Waals surface area contributed by atoms with Gasteiger partial charge in [0.25, 0.3) is 5.91 Å². The van der Waals surface area contributed by atoms with E-state index in [9.17, 15) is 4.79 Å². The van der Waals surface area contributed by atoms with Crippen molar-refractivity contribution in [2.24, 2.45) is 0 Å². The Balaban J connectivity index is 1.71. The van der Waals surface area contributed by atoms with Crippen LogP contribution in [0.3, 0.4) is 0 Å². The molecule has 1 unspecified atom stereocenters. The second-order valence-electron chi connectivity index (χ2n) is 7.81. The quantitative estimate of drug-likeness (QED) is 0.465. The molecule has 5 rings (SSSR count). The van der Waals surface area contributed by atoms with Gasteiger partial charge in [0.1, 0.15) is 0 Å². The van der Waals surface area contributed by atoms with E-state index in [1.165, 1.54) is 5.56 Å². The minimum absolute atomic E-state index is 0.0102. The van der Waals surface area contributed by atoms with Crippen LogP contribution in [0.2, 0.25) is 0 Å². The van der Waals surface area contributed by atoms with Gasteiger partial charge in [-0.2, -0.15) is 5.10 Å². The molecule has 0 saturated heterocycles. The maximum atomic E-state index is 13.8. The summed E-state index contributed by atoms with van der Waals surface area (Å²) < 4.78 is 1.89. The molecule has 0 aliphatic carbocycles. The van der Waals surface area contributed by atoms with Gasteiger partial charge in [0, 0.05) is 17.8 Å². The molecule has 6 heteroatoms. The smallest absolute Gasteiger partial charge is 0.259 e. The number of nitrogens with zero attached hydrogens (tertiary/aromatic N) is 4. The molecule has 1 amide bonds. The molecule has 5 nitrogen and oxygen atoms in total. The van der Waals surface area contributed by atoms with E-state index in [1.807, 2.05) is 51.4 Å². The number of pyridine rings is 1. The summed E-state index contributed by atoms with van der Waals surface area (Å²) in [6, 6.07) is 14.4. The van der Waals surface area contributed by atoms with Crippen LogP contribution >= 0.6 is 11.3 Å². The third-order valence-electron chi connectivity index (χ3n) is 5.49. The second kappa shape index (κ2) is 6.81. The highest BCUT2D eigenvalue weighted by atomic mass is 32.1. The van der Waals surface area contributed by atoms with Gasteiger partial charge < -0.3 is 4.90 Å². The van der Waals surface area contributed by atoms with Crippen LogP contribution in [0.4, 0.5) is 5.69 Å². The highest BCUT2D eigenvalue weighted by Crippen LogP contribution is 2.35. The number of carbonyl (C=O) groups is 1. The monoisotopic (exact) mass is 402 g/mol. The number of fused-ring (bicyclic) bond motifs is 2. The van der Waals surface area contributed by atoms with Gasteiger partial charge in [-0.25, -0.2) is 9.67 Å². The first kappa shape index (κ1) is 18.1. The van der Waals surface area contributed by atoms with Crippen molar-refractivity contribution in [3.8, 4) is 10.6 Å². The Hall–Kier alpha value is -2.99. The number of hydrogen-bond acceptors (Lipinski definition) is 4. The third-order valence-corrected chi connectivity index (χ3v) is 6.38. The van der Waals surface area contributed by atoms with Crippen LogP contribution in [0.1, 0.15) is 42.7 Å². The number of para-hydroxylation sites is 1. The zero-order chi connectivity index (χ0) is 20.1. The van der Waals surface area contributed by atoms with E-state index in [0.717, 1.165) is 33.7 Å². The molecule has 3 aromatic heterocycles. The molecule has 1 atom stereocenters. The van der Waals surface area contributed by atoms with E-state index in [4.69, 9.17) is 4.98 Å². The highest BCUT2D eigenvalue weighted by Gasteiger charge is 2.33. The molecule has 0 fully saturated rings. The maximum absolute atomic E-state index is 13.8. The Morgan fingerprint density at radius 3 is 2.79 bits per heavy atom. The summed E-state index contributed by atoms with van der Waals surface area (Å²) in [5.41, 5.74) is 4.46.